The van der Waals surface area contributed by atoms with Crippen LogP contribution in [0.15, 0.2) is 30.3 Å². The quantitative estimate of drug-likeness (QED) is 0.218. The van der Waals surface area contributed by atoms with Gasteiger partial charge < -0.3 is 54.7 Å². The van der Waals surface area contributed by atoms with Crippen molar-refractivity contribution in [3.05, 3.63) is 35.9 Å². The van der Waals surface area contributed by atoms with Gasteiger partial charge in [-0.25, -0.2) is 0 Å². The second-order valence-corrected chi connectivity index (χ2v) is 7.60. The molecule has 12 nitrogen and oxygen atoms in total. The molecular formula is C20H27NO11. The standard InChI is InChI=1S/C20H27NO11/c21-6-10(9-4-2-1-3-5-9)30-20-18(28)16(26)14(24)12(32-20)8-29-19-17(27)15(25)13(23)11(7-22)31-19/h1-5,10-20,22-28H,7-8H2/t10-,11?,12?,13?,14?,15?,16?,17?,18?,19?,20?/m1/s1. The number of hydrogen-bond acceptors (Lipinski definition) is 12. The minimum Gasteiger partial charge on any atom is -0.394 e. The number of ether oxygens (including phenoxy) is 4. The molecule has 0 spiro atoms. The molecule has 2 fully saturated rings. The summed E-state index contributed by atoms with van der Waals surface area (Å²) in [5, 5.41) is 79.1. The number of nitrogens with zero attached hydrogens (tertiary/aromatic N) is 1. The second-order valence-electron chi connectivity index (χ2n) is 7.60. The number of nitriles is 1. The van der Waals surface area contributed by atoms with Crippen LogP contribution in [0.5, 0.6) is 0 Å². The zero-order valence-corrected chi connectivity index (χ0v) is 16.9. The Bertz CT molecular complexity index is 760. The average molecular weight is 457 g/mol. The first-order valence-electron chi connectivity index (χ1n) is 10.00. The van der Waals surface area contributed by atoms with E-state index in [1.807, 2.05) is 6.07 Å². The van der Waals surface area contributed by atoms with Crippen molar-refractivity contribution >= 4 is 0 Å². The highest BCUT2D eigenvalue weighted by Crippen LogP contribution is 2.28. The normalized spacial score (nSPS) is 41.1. The lowest BCUT2D eigenvalue weighted by Crippen LogP contribution is -2.61. The van der Waals surface area contributed by atoms with E-state index in [9.17, 15) is 41.0 Å². The summed E-state index contributed by atoms with van der Waals surface area (Å²) in [6.07, 6.45) is -16.5. The van der Waals surface area contributed by atoms with Crippen molar-refractivity contribution < 1.29 is 54.7 Å². The summed E-state index contributed by atoms with van der Waals surface area (Å²) in [6.45, 7) is -1.14. The van der Waals surface area contributed by atoms with Gasteiger partial charge in [0.2, 0.25) is 0 Å². The zero-order chi connectivity index (χ0) is 23.4. The van der Waals surface area contributed by atoms with Crippen molar-refractivity contribution in [1.29, 1.82) is 5.26 Å². The fourth-order valence-corrected chi connectivity index (χ4v) is 3.51. The van der Waals surface area contributed by atoms with E-state index in [1.165, 1.54) is 0 Å². The van der Waals surface area contributed by atoms with E-state index >= 15 is 0 Å². The van der Waals surface area contributed by atoms with Crippen LogP contribution in [-0.4, -0.2) is 110 Å². The lowest BCUT2D eigenvalue weighted by Gasteiger charge is -2.43. The number of rotatable bonds is 7. The Morgan fingerprint density at radius 3 is 1.97 bits per heavy atom. The molecule has 32 heavy (non-hydrogen) atoms. The van der Waals surface area contributed by atoms with Gasteiger partial charge in [-0.1, -0.05) is 30.3 Å². The first kappa shape index (κ1) is 24.9. The Labute approximate surface area is 183 Å². The van der Waals surface area contributed by atoms with Gasteiger partial charge in [-0.2, -0.15) is 5.26 Å². The van der Waals surface area contributed by atoms with E-state index in [2.05, 4.69) is 0 Å². The highest BCUT2D eigenvalue weighted by molar-refractivity contribution is 5.22. The molecule has 7 N–H and O–H groups in total. The molecule has 12 heteroatoms. The maximum absolute atomic E-state index is 10.3. The van der Waals surface area contributed by atoms with E-state index < -0.39 is 80.7 Å². The van der Waals surface area contributed by atoms with Crippen LogP contribution in [-0.2, 0) is 18.9 Å². The van der Waals surface area contributed by atoms with Crippen LogP contribution in [0.1, 0.15) is 11.7 Å². The van der Waals surface area contributed by atoms with Crippen molar-refractivity contribution in [3.8, 4) is 6.07 Å². The molecule has 0 aromatic heterocycles. The first-order chi connectivity index (χ1) is 15.3. The van der Waals surface area contributed by atoms with Gasteiger partial charge in [0.1, 0.15) is 48.8 Å². The molecule has 1 aromatic carbocycles. The fraction of sp³-hybridized carbons (Fsp3) is 0.650. The van der Waals surface area contributed by atoms with Gasteiger partial charge in [0.15, 0.2) is 18.7 Å². The topological polar surface area (TPSA) is 202 Å². The van der Waals surface area contributed by atoms with Gasteiger partial charge in [0, 0.05) is 0 Å². The lowest BCUT2D eigenvalue weighted by molar-refractivity contribution is -0.334. The van der Waals surface area contributed by atoms with Gasteiger partial charge in [0.25, 0.3) is 0 Å². The minimum atomic E-state index is -1.70. The third kappa shape index (κ3) is 5.25. The van der Waals surface area contributed by atoms with Gasteiger partial charge in [-0.15, -0.1) is 0 Å². The number of hydrogen-bond donors (Lipinski definition) is 7. The van der Waals surface area contributed by atoms with Crippen LogP contribution >= 0.6 is 0 Å². The van der Waals surface area contributed by atoms with E-state index in [-0.39, 0.29) is 0 Å². The van der Waals surface area contributed by atoms with Crippen LogP contribution < -0.4 is 0 Å². The van der Waals surface area contributed by atoms with Gasteiger partial charge in [0.05, 0.1) is 19.3 Å². The number of aliphatic hydroxyl groups excluding tert-OH is 7. The summed E-state index contributed by atoms with van der Waals surface area (Å²) < 4.78 is 21.6. The lowest BCUT2D eigenvalue weighted by atomic mass is 9.98. The Morgan fingerprint density at radius 2 is 1.38 bits per heavy atom. The molecule has 10 unspecified atom stereocenters. The zero-order valence-electron chi connectivity index (χ0n) is 16.9. The number of benzene rings is 1. The molecular weight excluding hydrogens is 430 g/mol. The average Bonchev–Trinajstić information content (AvgIpc) is 2.81. The second kappa shape index (κ2) is 10.9. The Hall–Kier alpha value is -1.73. The SMILES string of the molecule is N#C[C@@H](OC1OC(COC2OC(CO)C(O)C(O)C2O)C(O)C(O)C1O)c1ccccc1. The summed E-state index contributed by atoms with van der Waals surface area (Å²) in [7, 11) is 0. The molecule has 0 amide bonds. The predicted molar refractivity (Wildman–Crippen MR) is 102 cm³/mol. The van der Waals surface area contributed by atoms with E-state index in [0.717, 1.165) is 0 Å². The smallest absolute Gasteiger partial charge is 0.188 e. The molecule has 2 saturated heterocycles. The maximum atomic E-state index is 10.3. The molecule has 178 valence electrons. The molecule has 2 aliphatic rings. The molecule has 2 heterocycles. The van der Waals surface area contributed by atoms with Gasteiger partial charge in [-0.3, -0.25) is 0 Å². The van der Waals surface area contributed by atoms with Crippen molar-refractivity contribution in [2.45, 2.75) is 67.5 Å². The van der Waals surface area contributed by atoms with Crippen molar-refractivity contribution in [3.63, 3.8) is 0 Å². The van der Waals surface area contributed by atoms with Crippen LogP contribution in [0, 0.1) is 11.3 Å². The number of aliphatic hydroxyl groups is 7. The maximum Gasteiger partial charge on any atom is 0.188 e. The van der Waals surface area contributed by atoms with Crippen LogP contribution in [0.4, 0.5) is 0 Å². The third-order valence-corrected chi connectivity index (χ3v) is 5.43. The third-order valence-electron chi connectivity index (χ3n) is 5.43. The minimum absolute atomic E-state index is 0.487. The monoisotopic (exact) mass is 457 g/mol. The molecule has 11 atom stereocenters. The summed E-state index contributed by atoms with van der Waals surface area (Å²) >= 11 is 0. The largest absolute Gasteiger partial charge is 0.394 e. The Kier molecular flexibility index (Phi) is 8.50. The van der Waals surface area contributed by atoms with E-state index in [0.29, 0.717) is 5.56 Å². The van der Waals surface area contributed by atoms with Crippen LogP contribution in [0.25, 0.3) is 0 Å². The first-order valence-corrected chi connectivity index (χ1v) is 10.00. The molecule has 0 aliphatic carbocycles. The molecule has 0 bridgehead atoms. The Morgan fingerprint density at radius 1 is 0.812 bits per heavy atom. The fourth-order valence-electron chi connectivity index (χ4n) is 3.51. The van der Waals surface area contributed by atoms with Crippen molar-refractivity contribution in [1.82, 2.24) is 0 Å². The van der Waals surface area contributed by atoms with Crippen molar-refractivity contribution in [2.24, 2.45) is 0 Å². The predicted octanol–water partition coefficient (Wildman–Crippen LogP) is -3.11. The molecule has 0 radical (unpaired) electrons. The molecule has 1 aromatic rings. The summed E-state index contributed by atoms with van der Waals surface area (Å²) in [6, 6.07) is 10.3. The van der Waals surface area contributed by atoms with Gasteiger partial charge in [-0.05, 0) is 5.56 Å². The summed E-state index contributed by atoms with van der Waals surface area (Å²) in [5.41, 5.74) is 0.487. The Balaban J connectivity index is 1.65. The highest BCUT2D eigenvalue weighted by atomic mass is 16.7. The molecule has 3 rings (SSSR count). The van der Waals surface area contributed by atoms with Crippen molar-refractivity contribution in [2.75, 3.05) is 13.2 Å². The molecule has 2 aliphatic heterocycles. The highest BCUT2D eigenvalue weighted by Gasteiger charge is 2.48. The van der Waals surface area contributed by atoms with Crippen LogP contribution in [0.2, 0.25) is 0 Å². The summed E-state index contributed by atoms with van der Waals surface area (Å²) in [5.74, 6) is 0. The molecule has 0 saturated carbocycles. The summed E-state index contributed by atoms with van der Waals surface area (Å²) in [4.78, 5) is 0. The van der Waals surface area contributed by atoms with E-state index in [1.54, 1.807) is 30.3 Å². The van der Waals surface area contributed by atoms with E-state index in [4.69, 9.17) is 18.9 Å². The van der Waals surface area contributed by atoms with Crippen LogP contribution in [0.3, 0.4) is 0 Å². The van der Waals surface area contributed by atoms with Gasteiger partial charge >= 0.3 is 0 Å².